The van der Waals surface area contributed by atoms with Crippen LogP contribution in [-0.2, 0) is 6.42 Å². The minimum absolute atomic E-state index is 0.138. The molecule has 1 atom stereocenters. The average molecular weight is 236 g/mol. The number of nitrogens with zero attached hydrogens (tertiary/aromatic N) is 1. The van der Waals surface area contributed by atoms with Gasteiger partial charge in [0.15, 0.2) is 0 Å². The van der Waals surface area contributed by atoms with E-state index in [-0.39, 0.29) is 5.82 Å². The topological polar surface area (TPSA) is 29.3 Å². The van der Waals surface area contributed by atoms with Gasteiger partial charge >= 0.3 is 0 Å². The van der Waals surface area contributed by atoms with Crippen molar-refractivity contribution >= 4 is 0 Å². The van der Waals surface area contributed by atoms with Gasteiger partial charge in [-0.3, -0.25) is 0 Å². The van der Waals surface area contributed by atoms with Gasteiger partial charge < -0.3 is 10.6 Å². The first-order chi connectivity index (χ1) is 8.28. The molecule has 2 rings (SSSR count). The minimum atomic E-state index is -0.138. The average Bonchev–Trinajstić information content (AvgIpc) is 2.37. The van der Waals surface area contributed by atoms with Crippen molar-refractivity contribution in [2.24, 2.45) is 11.7 Å². The van der Waals surface area contributed by atoms with Crippen molar-refractivity contribution in [2.45, 2.75) is 19.3 Å². The maximum atomic E-state index is 13.0. The van der Waals surface area contributed by atoms with Crippen LogP contribution < -0.4 is 5.73 Å². The van der Waals surface area contributed by atoms with Gasteiger partial charge in [-0.2, -0.15) is 0 Å². The van der Waals surface area contributed by atoms with Crippen LogP contribution in [0.3, 0.4) is 0 Å². The number of benzene rings is 1. The Kier molecular flexibility index (Phi) is 4.51. The van der Waals surface area contributed by atoms with Crippen molar-refractivity contribution in [1.82, 2.24) is 4.90 Å². The summed E-state index contributed by atoms with van der Waals surface area (Å²) in [5.74, 6) is 0.511. The molecule has 2 N–H and O–H groups in total. The van der Waals surface area contributed by atoms with Crippen molar-refractivity contribution in [1.29, 1.82) is 0 Å². The lowest BCUT2D eigenvalue weighted by Crippen LogP contribution is -2.39. The molecule has 1 fully saturated rings. The van der Waals surface area contributed by atoms with E-state index in [2.05, 4.69) is 4.90 Å². The normalized spacial score (nSPS) is 21.6. The second-order valence-corrected chi connectivity index (χ2v) is 4.92. The SMILES string of the molecule is NCC1CCCN(CCc2cccc(F)c2)C1. The van der Waals surface area contributed by atoms with Gasteiger partial charge in [0.25, 0.3) is 0 Å². The fourth-order valence-electron chi connectivity index (χ4n) is 2.53. The van der Waals surface area contributed by atoms with Crippen LogP contribution in [0, 0.1) is 11.7 Å². The lowest BCUT2D eigenvalue weighted by molar-refractivity contribution is 0.180. The van der Waals surface area contributed by atoms with Crippen LogP contribution >= 0.6 is 0 Å². The van der Waals surface area contributed by atoms with E-state index >= 15 is 0 Å². The highest BCUT2D eigenvalue weighted by Crippen LogP contribution is 2.15. The molecule has 0 aromatic heterocycles. The lowest BCUT2D eigenvalue weighted by atomic mass is 9.98. The molecule has 2 nitrogen and oxygen atoms in total. The highest BCUT2D eigenvalue weighted by molar-refractivity contribution is 5.16. The van der Waals surface area contributed by atoms with Crippen molar-refractivity contribution in [3.8, 4) is 0 Å². The van der Waals surface area contributed by atoms with Gasteiger partial charge in [0.2, 0.25) is 0 Å². The van der Waals surface area contributed by atoms with E-state index in [1.54, 1.807) is 12.1 Å². The molecule has 0 bridgehead atoms. The Labute approximate surface area is 103 Å². The van der Waals surface area contributed by atoms with E-state index in [1.165, 1.54) is 18.9 Å². The van der Waals surface area contributed by atoms with Crippen LogP contribution in [0.4, 0.5) is 4.39 Å². The Morgan fingerprint density at radius 1 is 1.41 bits per heavy atom. The van der Waals surface area contributed by atoms with Crippen molar-refractivity contribution in [3.63, 3.8) is 0 Å². The van der Waals surface area contributed by atoms with Crippen LogP contribution in [-0.4, -0.2) is 31.1 Å². The molecule has 1 heterocycles. The summed E-state index contributed by atoms with van der Waals surface area (Å²) >= 11 is 0. The second-order valence-electron chi connectivity index (χ2n) is 4.92. The van der Waals surface area contributed by atoms with Crippen LogP contribution in [0.15, 0.2) is 24.3 Å². The number of piperidine rings is 1. The highest BCUT2D eigenvalue weighted by Gasteiger charge is 2.17. The fraction of sp³-hybridized carbons (Fsp3) is 0.571. The standard InChI is InChI=1S/C14H21FN2/c15-14-5-1-3-12(9-14)6-8-17-7-2-4-13(10-16)11-17/h1,3,5,9,13H,2,4,6-8,10-11,16H2. The molecule has 0 aliphatic carbocycles. The number of nitrogens with two attached hydrogens (primary N) is 1. The molecule has 94 valence electrons. The summed E-state index contributed by atoms with van der Waals surface area (Å²) in [5.41, 5.74) is 6.80. The number of rotatable bonds is 4. The molecule has 1 aromatic rings. The lowest BCUT2D eigenvalue weighted by Gasteiger charge is -2.32. The van der Waals surface area contributed by atoms with Crippen molar-refractivity contribution < 1.29 is 4.39 Å². The summed E-state index contributed by atoms with van der Waals surface area (Å²) in [7, 11) is 0. The molecular weight excluding hydrogens is 215 g/mol. The maximum absolute atomic E-state index is 13.0. The maximum Gasteiger partial charge on any atom is 0.123 e. The fourth-order valence-corrected chi connectivity index (χ4v) is 2.53. The van der Waals surface area contributed by atoms with Crippen molar-refractivity contribution in [2.75, 3.05) is 26.2 Å². The summed E-state index contributed by atoms with van der Waals surface area (Å²) in [6, 6.07) is 6.90. The van der Waals surface area contributed by atoms with Crippen LogP contribution in [0.25, 0.3) is 0 Å². The third kappa shape index (κ3) is 3.79. The van der Waals surface area contributed by atoms with Crippen LogP contribution in [0.2, 0.25) is 0 Å². The van der Waals surface area contributed by atoms with E-state index in [4.69, 9.17) is 5.73 Å². The number of halogens is 1. The van der Waals surface area contributed by atoms with Gasteiger partial charge in [-0.1, -0.05) is 12.1 Å². The largest absolute Gasteiger partial charge is 0.330 e. The van der Waals surface area contributed by atoms with Gasteiger partial charge in [-0.05, 0) is 56.0 Å². The van der Waals surface area contributed by atoms with E-state index in [9.17, 15) is 4.39 Å². The second kappa shape index (κ2) is 6.12. The number of likely N-dealkylation sites (tertiary alicyclic amines) is 1. The first kappa shape index (κ1) is 12.5. The highest BCUT2D eigenvalue weighted by atomic mass is 19.1. The molecular formula is C14H21FN2. The molecule has 1 unspecified atom stereocenters. The molecule has 1 aliphatic heterocycles. The molecule has 0 radical (unpaired) electrons. The minimum Gasteiger partial charge on any atom is -0.330 e. The van der Waals surface area contributed by atoms with E-state index in [0.29, 0.717) is 5.92 Å². The molecule has 0 saturated carbocycles. The third-order valence-corrected chi connectivity index (χ3v) is 3.54. The molecule has 1 aliphatic rings. The zero-order valence-corrected chi connectivity index (χ0v) is 10.2. The first-order valence-corrected chi connectivity index (χ1v) is 6.45. The first-order valence-electron chi connectivity index (χ1n) is 6.45. The zero-order valence-electron chi connectivity index (χ0n) is 10.2. The zero-order chi connectivity index (χ0) is 12.1. The summed E-state index contributed by atoms with van der Waals surface area (Å²) in [5, 5.41) is 0. The monoisotopic (exact) mass is 236 g/mol. The predicted molar refractivity (Wildman–Crippen MR) is 68.3 cm³/mol. The smallest absolute Gasteiger partial charge is 0.123 e. The summed E-state index contributed by atoms with van der Waals surface area (Å²) in [4.78, 5) is 2.45. The number of hydrogen-bond acceptors (Lipinski definition) is 2. The van der Waals surface area contributed by atoms with Gasteiger partial charge in [0.1, 0.15) is 5.82 Å². The Balaban J connectivity index is 1.81. The Hall–Kier alpha value is -0.930. The van der Waals surface area contributed by atoms with Crippen LogP contribution in [0.5, 0.6) is 0 Å². The molecule has 1 saturated heterocycles. The van der Waals surface area contributed by atoms with Gasteiger partial charge in [0, 0.05) is 13.1 Å². The molecule has 0 amide bonds. The summed E-state index contributed by atoms with van der Waals surface area (Å²) in [6.07, 6.45) is 3.42. The van der Waals surface area contributed by atoms with Gasteiger partial charge in [0.05, 0.1) is 0 Å². The molecule has 1 aromatic carbocycles. The summed E-state index contributed by atoms with van der Waals surface area (Å²) in [6.45, 7) is 4.06. The quantitative estimate of drug-likeness (QED) is 0.867. The molecule has 0 spiro atoms. The summed E-state index contributed by atoms with van der Waals surface area (Å²) < 4.78 is 13.0. The Morgan fingerprint density at radius 2 is 2.29 bits per heavy atom. The van der Waals surface area contributed by atoms with Crippen LogP contribution in [0.1, 0.15) is 18.4 Å². The number of hydrogen-bond donors (Lipinski definition) is 1. The van der Waals surface area contributed by atoms with Gasteiger partial charge in [-0.25, -0.2) is 4.39 Å². The van der Waals surface area contributed by atoms with E-state index < -0.39 is 0 Å². The third-order valence-electron chi connectivity index (χ3n) is 3.54. The predicted octanol–water partition coefficient (Wildman–Crippen LogP) is 2.04. The van der Waals surface area contributed by atoms with Gasteiger partial charge in [-0.15, -0.1) is 0 Å². The molecule has 3 heteroatoms. The molecule has 17 heavy (non-hydrogen) atoms. The Bertz CT molecular complexity index is 354. The van der Waals surface area contributed by atoms with Crippen molar-refractivity contribution in [3.05, 3.63) is 35.6 Å². The van der Waals surface area contributed by atoms with E-state index in [0.717, 1.165) is 38.2 Å². The van der Waals surface area contributed by atoms with E-state index in [1.807, 2.05) is 6.07 Å². The Morgan fingerprint density at radius 3 is 3.06 bits per heavy atom.